The maximum atomic E-state index is 12.8. The van der Waals surface area contributed by atoms with Crippen LogP contribution in [0.3, 0.4) is 0 Å². The van der Waals surface area contributed by atoms with Crippen molar-refractivity contribution in [2.24, 2.45) is 11.8 Å². The third kappa shape index (κ3) is 4.97. The van der Waals surface area contributed by atoms with E-state index in [1.807, 2.05) is 4.90 Å². The van der Waals surface area contributed by atoms with Crippen molar-refractivity contribution in [1.82, 2.24) is 9.21 Å². The molecule has 0 radical (unpaired) electrons. The summed E-state index contributed by atoms with van der Waals surface area (Å²) in [5, 5.41) is 0.714. The van der Waals surface area contributed by atoms with E-state index in [2.05, 4.69) is 6.92 Å². The smallest absolute Gasteiger partial charge is 0.225 e. The summed E-state index contributed by atoms with van der Waals surface area (Å²) in [7, 11) is -3.52. The van der Waals surface area contributed by atoms with E-state index in [-0.39, 0.29) is 17.6 Å². The summed E-state index contributed by atoms with van der Waals surface area (Å²) in [6.45, 7) is 4.60. The Kier molecular flexibility index (Phi) is 6.72. The second-order valence-electron chi connectivity index (χ2n) is 7.64. The molecule has 2 aliphatic heterocycles. The van der Waals surface area contributed by atoms with Crippen LogP contribution in [0, 0.1) is 11.8 Å². The summed E-state index contributed by atoms with van der Waals surface area (Å²) >= 11 is 12.2. The van der Waals surface area contributed by atoms with E-state index in [1.165, 1.54) is 4.31 Å². The topological polar surface area (TPSA) is 57.7 Å². The van der Waals surface area contributed by atoms with Gasteiger partial charge in [-0.3, -0.25) is 4.79 Å². The first-order chi connectivity index (χ1) is 12.8. The number of likely N-dealkylation sites (tertiary alicyclic amines) is 1. The van der Waals surface area contributed by atoms with Crippen LogP contribution in [0.5, 0.6) is 0 Å². The van der Waals surface area contributed by atoms with Crippen LogP contribution < -0.4 is 0 Å². The van der Waals surface area contributed by atoms with Crippen molar-refractivity contribution in [3.63, 3.8) is 0 Å². The zero-order valence-corrected chi connectivity index (χ0v) is 17.9. The Morgan fingerprint density at radius 2 is 1.59 bits per heavy atom. The van der Waals surface area contributed by atoms with E-state index in [0.29, 0.717) is 47.5 Å². The van der Waals surface area contributed by atoms with Gasteiger partial charge < -0.3 is 4.90 Å². The van der Waals surface area contributed by atoms with Crippen LogP contribution in [0.4, 0.5) is 0 Å². The van der Waals surface area contributed by atoms with Gasteiger partial charge in [-0.05, 0) is 43.7 Å². The van der Waals surface area contributed by atoms with Crippen molar-refractivity contribution in [1.29, 1.82) is 0 Å². The molecule has 2 heterocycles. The van der Waals surface area contributed by atoms with Crippen LogP contribution in [0.25, 0.3) is 0 Å². The van der Waals surface area contributed by atoms with Crippen molar-refractivity contribution < 1.29 is 13.2 Å². The Labute approximate surface area is 171 Å². The molecule has 0 N–H and O–H groups in total. The Bertz CT molecular complexity index is 764. The SMILES string of the molecule is CC1CCN(C(=O)C2CCN(S(=O)(=O)Cc3c(Cl)cccc3Cl)CC2)CC1. The van der Waals surface area contributed by atoms with Gasteiger partial charge in [-0.25, -0.2) is 12.7 Å². The molecular formula is C19H26Cl2N2O3S. The normalized spacial score (nSPS) is 20.8. The average Bonchev–Trinajstić information content (AvgIpc) is 2.65. The molecule has 0 aliphatic carbocycles. The van der Waals surface area contributed by atoms with Gasteiger partial charge in [0.2, 0.25) is 15.9 Å². The number of amides is 1. The zero-order valence-electron chi connectivity index (χ0n) is 15.5. The Hall–Kier alpha value is -0.820. The Balaban J connectivity index is 1.59. The molecule has 1 aromatic rings. The number of hydrogen-bond acceptors (Lipinski definition) is 3. The van der Waals surface area contributed by atoms with Gasteiger partial charge in [-0.2, -0.15) is 0 Å². The first-order valence-corrected chi connectivity index (χ1v) is 11.8. The molecule has 1 amide bonds. The third-order valence-corrected chi connectivity index (χ3v) is 8.19. The lowest BCUT2D eigenvalue weighted by Crippen LogP contribution is -2.46. The fraction of sp³-hybridized carbons (Fsp3) is 0.632. The number of rotatable bonds is 4. The molecule has 5 nitrogen and oxygen atoms in total. The second kappa shape index (κ2) is 8.68. The monoisotopic (exact) mass is 432 g/mol. The fourth-order valence-corrected chi connectivity index (χ4v) is 6.13. The molecule has 0 spiro atoms. The van der Waals surface area contributed by atoms with Crippen molar-refractivity contribution >= 4 is 39.1 Å². The zero-order chi connectivity index (χ0) is 19.6. The fourth-order valence-electron chi connectivity index (χ4n) is 3.81. The molecule has 0 saturated carbocycles. The van der Waals surface area contributed by atoms with Gasteiger partial charge in [-0.1, -0.05) is 36.2 Å². The first-order valence-electron chi connectivity index (χ1n) is 9.47. The lowest BCUT2D eigenvalue weighted by Gasteiger charge is -2.36. The summed E-state index contributed by atoms with van der Waals surface area (Å²) in [4.78, 5) is 14.7. The van der Waals surface area contributed by atoms with Crippen molar-refractivity contribution in [2.75, 3.05) is 26.2 Å². The van der Waals surface area contributed by atoms with Crippen LogP contribution >= 0.6 is 23.2 Å². The van der Waals surface area contributed by atoms with E-state index in [1.54, 1.807) is 18.2 Å². The molecule has 2 fully saturated rings. The van der Waals surface area contributed by atoms with Crippen LogP contribution in [-0.4, -0.2) is 49.7 Å². The average molecular weight is 433 g/mol. The van der Waals surface area contributed by atoms with Crippen LogP contribution in [0.2, 0.25) is 10.0 Å². The predicted octanol–water partition coefficient (Wildman–Crippen LogP) is 3.79. The number of carbonyl (C=O) groups excluding carboxylic acids is 1. The van der Waals surface area contributed by atoms with Crippen LogP contribution in [-0.2, 0) is 20.6 Å². The largest absolute Gasteiger partial charge is 0.342 e. The van der Waals surface area contributed by atoms with Gasteiger partial charge in [0, 0.05) is 47.7 Å². The molecule has 3 rings (SSSR count). The standard InChI is InChI=1S/C19H26Cl2N2O3S/c1-14-5-9-22(10-6-14)19(24)15-7-11-23(12-8-15)27(25,26)13-16-17(20)3-2-4-18(16)21/h2-4,14-15H,5-13H2,1H3. The lowest BCUT2D eigenvalue weighted by atomic mass is 9.93. The molecule has 0 aromatic heterocycles. The molecule has 0 unspecified atom stereocenters. The molecule has 27 heavy (non-hydrogen) atoms. The number of benzene rings is 1. The highest BCUT2D eigenvalue weighted by molar-refractivity contribution is 7.88. The number of halogens is 2. The molecule has 150 valence electrons. The highest BCUT2D eigenvalue weighted by Gasteiger charge is 2.34. The summed E-state index contributed by atoms with van der Waals surface area (Å²) < 4.78 is 27.0. The third-order valence-electron chi connectivity index (χ3n) is 5.68. The summed E-state index contributed by atoms with van der Waals surface area (Å²) in [5.41, 5.74) is 0.432. The van der Waals surface area contributed by atoms with E-state index in [4.69, 9.17) is 23.2 Å². The highest BCUT2D eigenvalue weighted by atomic mass is 35.5. The first kappa shape index (κ1) is 20.9. The second-order valence-corrected chi connectivity index (χ2v) is 10.4. The van der Waals surface area contributed by atoms with Gasteiger partial charge in [0.15, 0.2) is 0 Å². The summed E-state index contributed by atoms with van der Waals surface area (Å²) in [6.07, 6.45) is 3.25. The molecule has 0 atom stereocenters. The molecule has 2 saturated heterocycles. The maximum absolute atomic E-state index is 12.8. The van der Waals surface area contributed by atoms with Crippen LogP contribution in [0.1, 0.15) is 38.2 Å². The van der Waals surface area contributed by atoms with E-state index >= 15 is 0 Å². The Morgan fingerprint density at radius 3 is 2.15 bits per heavy atom. The van der Waals surface area contributed by atoms with E-state index in [9.17, 15) is 13.2 Å². The van der Waals surface area contributed by atoms with Crippen molar-refractivity contribution in [3.8, 4) is 0 Å². The number of nitrogens with zero attached hydrogens (tertiary/aromatic N) is 2. The van der Waals surface area contributed by atoms with Crippen molar-refractivity contribution in [3.05, 3.63) is 33.8 Å². The van der Waals surface area contributed by atoms with Gasteiger partial charge >= 0.3 is 0 Å². The maximum Gasteiger partial charge on any atom is 0.225 e. The van der Waals surface area contributed by atoms with Gasteiger partial charge in [-0.15, -0.1) is 0 Å². The molecule has 0 bridgehead atoms. The molecule has 8 heteroatoms. The molecule has 1 aromatic carbocycles. The number of sulfonamides is 1. The molecule has 2 aliphatic rings. The predicted molar refractivity (Wildman–Crippen MR) is 108 cm³/mol. The summed E-state index contributed by atoms with van der Waals surface area (Å²) in [5.74, 6) is 0.577. The minimum Gasteiger partial charge on any atom is -0.342 e. The lowest BCUT2D eigenvalue weighted by molar-refractivity contribution is -0.138. The van der Waals surface area contributed by atoms with Crippen molar-refractivity contribution in [2.45, 2.75) is 38.4 Å². The number of carbonyl (C=O) groups is 1. The van der Waals surface area contributed by atoms with Crippen LogP contribution in [0.15, 0.2) is 18.2 Å². The van der Waals surface area contributed by atoms with Gasteiger partial charge in [0.25, 0.3) is 0 Å². The number of piperidine rings is 2. The highest BCUT2D eigenvalue weighted by Crippen LogP contribution is 2.29. The quantitative estimate of drug-likeness (QED) is 0.726. The minimum absolute atomic E-state index is 0.0752. The van der Waals surface area contributed by atoms with E-state index < -0.39 is 10.0 Å². The Morgan fingerprint density at radius 1 is 1.04 bits per heavy atom. The van der Waals surface area contributed by atoms with Gasteiger partial charge in [0.1, 0.15) is 0 Å². The number of hydrogen-bond donors (Lipinski definition) is 0. The summed E-state index contributed by atoms with van der Waals surface area (Å²) in [6, 6.07) is 4.98. The molecular weight excluding hydrogens is 407 g/mol. The van der Waals surface area contributed by atoms with Gasteiger partial charge in [0.05, 0.1) is 5.75 Å². The minimum atomic E-state index is -3.52. The van der Waals surface area contributed by atoms with E-state index in [0.717, 1.165) is 25.9 Å².